The minimum atomic E-state index is -4.11. The van der Waals surface area contributed by atoms with Crippen LogP contribution in [-0.4, -0.2) is 32.2 Å². The van der Waals surface area contributed by atoms with Crippen molar-refractivity contribution in [2.45, 2.75) is 18.2 Å². The van der Waals surface area contributed by atoms with Gasteiger partial charge in [-0.3, -0.25) is 9.10 Å². The Kier molecular flexibility index (Phi) is 5.07. The third-order valence-corrected chi connectivity index (χ3v) is 6.83. The van der Waals surface area contributed by atoms with E-state index < -0.39 is 21.6 Å². The highest BCUT2D eigenvalue weighted by atomic mass is 32.2. The number of likely N-dealkylation sites (N-methyl/N-ethyl adjacent to an activating group) is 1. The molecule has 0 fully saturated rings. The van der Waals surface area contributed by atoms with Gasteiger partial charge in [-0.15, -0.1) is 0 Å². The maximum Gasteiger partial charge on any atom is 0.265 e. The molecule has 0 saturated heterocycles. The molecule has 1 heterocycles. The fourth-order valence-electron chi connectivity index (χ4n) is 3.50. The molecule has 0 radical (unpaired) electrons. The van der Waals surface area contributed by atoms with Crippen LogP contribution in [-0.2, 0) is 14.8 Å². The Labute approximate surface area is 174 Å². The lowest BCUT2D eigenvalue weighted by atomic mass is 10.0. The first-order valence-electron chi connectivity index (χ1n) is 9.54. The van der Waals surface area contributed by atoms with Gasteiger partial charge >= 0.3 is 0 Å². The van der Waals surface area contributed by atoms with Crippen molar-refractivity contribution in [1.82, 2.24) is 4.31 Å². The van der Waals surface area contributed by atoms with Crippen molar-refractivity contribution in [3.63, 3.8) is 0 Å². The van der Waals surface area contributed by atoms with Crippen molar-refractivity contribution in [3.8, 4) is 0 Å². The van der Waals surface area contributed by atoms with Crippen LogP contribution in [0.1, 0.15) is 29.3 Å². The summed E-state index contributed by atoms with van der Waals surface area (Å²) in [7, 11) is -2.83. The Morgan fingerprint density at radius 2 is 1.77 bits per heavy atom. The summed E-state index contributed by atoms with van der Waals surface area (Å²) in [6.45, 7) is 2.19. The zero-order valence-corrected chi connectivity index (χ0v) is 17.4. The molecule has 5 nitrogen and oxygen atoms in total. The number of hydrogen-bond acceptors (Lipinski definition) is 4. The molecule has 0 aliphatic carbocycles. The zero-order valence-electron chi connectivity index (χ0n) is 16.6. The maximum absolute atomic E-state index is 13.8. The van der Waals surface area contributed by atoms with Crippen LogP contribution in [0.25, 0.3) is 16.5 Å². The van der Waals surface area contributed by atoms with Crippen molar-refractivity contribution in [2.75, 3.05) is 13.7 Å². The number of benzene rings is 3. The van der Waals surface area contributed by atoms with E-state index in [0.29, 0.717) is 12.0 Å². The second-order valence-electron chi connectivity index (χ2n) is 7.03. The van der Waals surface area contributed by atoms with E-state index in [4.69, 9.17) is 4.74 Å². The van der Waals surface area contributed by atoms with Crippen molar-refractivity contribution < 1.29 is 22.3 Å². The van der Waals surface area contributed by atoms with Crippen LogP contribution in [0.3, 0.4) is 0 Å². The molecule has 0 atom stereocenters. The van der Waals surface area contributed by atoms with E-state index in [2.05, 4.69) is 0 Å². The first-order chi connectivity index (χ1) is 14.3. The van der Waals surface area contributed by atoms with Crippen LogP contribution in [0.4, 0.5) is 4.39 Å². The molecule has 0 aromatic heterocycles. The van der Waals surface area contributed by atoms with Gasteiger partial charge in [-0.1, -0.05) is 43.3 Å². The van der Waals surface area contributed by atoms with E-state index in [1.165, 1.54) is 13.1 Å². The number of nitrogens with zero attached hydrogens (tertiary/aromatic N) is 1. The average molecular weight is 425 g/mol. The Balaban J connectivity index is 1.94. The van der Waals surface area contributed by atoms with Gasteiger partial charge in [0.1, 0.15) is 16.4 Å². The smallest absolute Gasteiger partial charge is 0.265 e. The predicted molar refractivity (Wildman–Crippen MR) is 113 cm³/mol. The highest BCUT2D eigenvalue weighted by Crippen LogP contribution is 2.38. The summed E-state index contributed by atoms with van der Waals surface area (Å²) in [5.41, 5.74) is 0.443. The average Bonchev–Trinajstić information content (AvgIpc) is 2.75. The minimum Gasteiger partial charge on any atom is -0.491 e. The van der Waals surface area contributed by atoms with Crippen molar-refractivity contribution >= 4 is 32.3 Å². The largest absolute Gasteiger partial charge is 0.491 e. The van der Waals surface area contributed by atoms with Gasteiger partial charge in [-0.2, -0.15) is 0 Å². The first kappa shape index (κ1) is 20.1. The van der Waals surface area contributed by atoms with Gasteiger partial charge in [-0.05, 0) is 41.5 Å². The number of halogens is 1. The van der Waals surface area contributed by atoms with E-state index in [1.54, 1.807) is 12.1 Å². The molecule has 4 rings (SSSR count). The number of ether oxygens (including phenoxy) is 1. The fourth-order valence-corrected chi connectivity index (χ4v) is 4.90. The molecule has 0 bridgehead atoms. The van der Waals surface area contributed by atoms with Gasteiger partial charge < -0.3 is 4.74 Å². The summed E-state index contributed by atoms with van der Waals surface area (Å²) in [4.78, 5) is 13.3. The number of allylic oxidation sites excluding steroid dienone is 1. The number of Topliss-reactive ketones (excluding diaryl/α,β-unsaturated/α-hetero) is 1. The summed E-state index contributed by atoms with van der Waals surface area (Å²) in [6, 6.07) is 16.2. The van der Waals surface area contributed by atoms with Crippen LogP contribution in [0.15, 0.2) is 71.3 Å². The van der Waals surface area contributed by atoms with E-state index in [9.17, 15) is 17.6 Å². The third-order valence-electron chi connectivity index (χ3n) is 5.03. The second-order valence-corrected chi connectivity index (χ2v) is 8.97. The maximum atomic E-state index is 13.8. The number of ketones is 1. The molecule has 3 aromatic carbocycles. The van der Waals surface area contributed by atoms with Crippen LogP contribution >= 0.6 is 0 Å². The first-order valence-corrected chi connectivity index (χ1v) is 11.0. The quantitative estimate of drug-likeness (QED) is 0.561. The van der Waals surface area contributed by atoms with Gasteiger partial charge in [0.2, 0.25) is 5.78 Å². The Hall–Kier alpha value is -3.19. The van der Waals surface area contributed by atoms with Gasteiger partial charge in [-0.25, -0.2) is 12.8 Å². The lowest BCUT2D eigenvalue weighted by Crippen LogP contribution is -2.35. The molecule has 0 unspecified atom stereocenters. The minimum absolute atomic E-state index is 0.0853. The number of sulfonamides is 1. The van der Waals surface area contributed by atoms with E-state index >= 15 is 0 Å². The highest BCUT2D eigenvalue weighted by Gasteiger charge is 2.39. The summed E-state index contributed by atoms with van der Waals surface area (Å²) < 4.78 is 46.6. The SMILES string of the molecule is CCCOC1=C(C(=O)c2ccc3ccccc3c2)N(C)S(=O)(=O)c2cc(F)ccc21. The van der Waals surface area contributed by atoms with Crippen LogP contribution < -0.4 is 0 Å². The number of carbonyl (C=O) groups excluding carboxylic acids is 1. The molecule has 154 valence electrons. The van der Waals surface area contributed by atoms with Crippen LogP contribution in [0, 0.1) is 5.82 Å². The van der Waals surface area contributed by atoms with Gasteiger partial charge in [0.25, 0.3) is 10.0 Å². The van der Waals surface area contributed by atoms with Crippen molar-refractivity contribution in [3.05, 3.63) is 83.3 Å². The molecule has 0 N–H and O–H groups in total. The molecular formula is C23H20FNO4S. The number of carbonyl (C=O) groups is 1. The molecule has 0 amide bonds. The normalized spacial score (nSPS) is 15.2. The van der Waals surface area contributed by atoms with Gasteiger partial charge in [0, 0.05) is 18.2 Å². The monoisotopic (exact) mass is 425 g/mol. The Morgan fingerprint density at radius 1 is 1.03 bits per heavy atom. The summed E-state index contributed by atoms with van der Waals surface area (Å²) in [5, 5.41) is 1.83. The number of fused-ring (bicyclic) bond motifs is 2. The highest BCUT2D eigenvalue weighted by molar-refractivity contribution is 7.89. The molecule has 3 aromatic rings. The lowest BCUT2D eigenvalue weighted by molar-refractivity contribution is 0.101. The lowest BCUT2D eigenvalue weighted by Gasteiger charge is -2.30. The van der Waals surface area contributed by atoms with Gasteiger partial charge in [0.15, 0.2) is 5.76 Å². The number of hydrogen-bond donors (Lipinski definition) is 0. The molecular weight excluding hydrogens is 405 g/mol. The van der Waals surface area contributed by atoms with Crippen LogP contribution in [0.5, 0.6) is 0 Å². The van der Waals surface area contributed by atoms with E-state index in [-0.39, 0.29) is 28.5 Å². The Bertz CT molecular complexity index is 1300. The molecule has 7 heteroatoms. The standard InChI is InChI=1S/C23H20FNO4S/c1-3-12-29-23-19-11-10-18(24)14-20(19)30(27,28)25(2)21(23)22(26)17-9-8-15-6-4-5-7-16(15)13-17/h4-11,13-14H,3,12H2,1-2H3. The predicted octanol–water partition coefficient (Wildman–Crippen LogP) is 4.59. The van der Waals surface area contributed by atoms with Crippen LogP contribution in [0.2, 0.25) is 0 Å². The summed E-state index contributed by atoms with van der Waals surface area (Å²) in [5.74, 6) is -1.01. The second kappa shape index (κ2) is 7.57. The number of rotatable bonds is 5. The van der Waals surface area contributed by atoms with Gasteiger partial charge in [0.05, 0.1) is 6.61 Å². The molecule has 1 aliphatic heterocycles. The topological polar surface area (TPSA) is 63.7 Å². The summed E-state index contributed by atoms with van der Waals surface area (Å²) >= 11 is 0. The van der Waals surface area contributed by atoms with E-state index in [0.717, 1.165) is 27.2 Å². The zero-order chi connectivity index (χ0) is 21.5. The van der Waals surface area contributed by atoms with Crippen molar-refractivity contribution in [2.24, 2.45) is 0 Å². The molecule has 1 aliphatic rings. The Morgan fingerprint density at radius 3 is 2.50 bits per heavy atom. The summed E-state index contributed by atoms with van der Waals surface area (Å²) in [6.07, 6.45) is 0.661. The molecule has 30 heavy (non-hydrogen) atoms. The molecule has 0 spiro atoms. The van der Waals surface area contributed by atoms with Crippen molar-refractivity contribution in [1.29, 1.82) is 0 Å². The third kappa shape index (κ3) is 3.25. The fraction of sp³-hybridized carbons (Fsp3) is 0.174. The molecule has 0 saturated carbocycles. The van der Waals surface area contributed by atoms with E-state index in [1.807, 2.05) is 37.3 Å².